The number of carbonyl (C=O) groups excluding carboxylic acids is 1. The van der Waals surface area contributed by atoms with Crippen molar-refractivity contribution in [1.82, 2.24) is 30.0 Å². The molecule has 3 aromatic rings. The molecule has 2 amide bonds. The molecule has 1 aromatic carbocycles. The van der Waals surface area contributed by atoms with Crippen LogP contribution in [-0.4, -0.2) is 62.9 Å². The van der Waals surface area contributed by atoms with Gasteiger partial charge in [-0.05, 0) is 37.8 Å². The van der Waals surface area contributed by atoms with Gasteiger partial charge in [-0.25, -0.2) is 19.4 Å². The zero-order chi connectivity index (χ0) is 24.9. The molecular formula is C28H39N7O. The topological polar surface area (TPSA) is 79.2 Å². The van der Waals surface area contributed by atoms with Gasteiger partial charge in [0, 0.05) is 38.1 Å². The molecule has 1 N–H and O–H groups in total. The Morgan fingerprint density at radius 2 is 1.83 bits per heavy atom. The zero-order valence-electron chi connectivity index (χ0n) is 21.7. The first-order valence-electron chi connectivity index (χ1n) is 13.8. The van der Waals surface area contributed by atoms with E-state index in [9.17, 15) is 4.79 Å². The van der Waals surface area contributed by atoms with Gasteiger partial charge in [0.25, 0.3) is 0 Å². The van der Waals surface area contributed by atoms with Gasteiger partial charge in [-0.2, -0.15) is 5.10 Å². The van der Waals surface area contributed by atoms with Crippen molar-refractivity contribution >= 4 is 22.9 Å². The molecule has 1 saturated heterocycles. The number of anilines is 1. The maximum atomic E-state index is 13.0. The van der Waals surface area contributed by atoms with Crippen molar-refractivity contribution in [2.75, 3.05) is 31.1 Å². The van der Waals surface area contributed by atoms with Crippen LogP contribution in [0.5, 0.6) is 0 Å². The van der Waals surface area contributed by atoms with Crippen molar-refractivity contribution in [2.45, 2.75) is 77.2 Å². The molecule has 0 radical (unpaired) electrons. The number of benzene rings is 1. The molecule has 0 spiro atoms. The lowest BCUT2D eigenvalue weighted by atomic mass is 9.96. The van der Waals surface area contributed by atoms with Crippen LogP contribution in [-0.2, 0) is 0 Å². The Morgan fingerprint density at radius 3 is 2.61 bits per heavy atom. The fourth-order valence-corrected chi connectivity index (χ4v) is 5.54. The highest BCUT2D eigenvalue weighted by molar-refractivity contribution is 5.88. The van der Waals surface area contributed by atoms with Crippen molar-refractivity contribution in [3.63, 3.8) is 0 Å². The molecule has 1 aliphatic carbocycles. The van der Waals surface area contributed by atoms with Crippen molar-refractivity contribution in [2.24, 2.45) is 0 Å². The summed E-state index contributed by atoms with van der Waals surface area (Å²) in [6.07, 6.45) is 10.9. The zero-order valence-corrected chi connectivity index (χ0v) is 21.7. The molecule has 1 saturated carbocycles. The molecule has 5 rings (SSSR count). The Kier molecular flexibility index (Phi) is 7.68. The van der Waals surface area contributed by atoms with Crippen LogP contribution in [0.15, 0.2) is 36.5 Å². The van der Waals surface area contributed by atoms with Gasteiger partial charge in [0.1, 0.15) is 11.6 Å². The molecule has 2 aliphatic rings. The molecule has 192 valence electrons. The second-order valence-electron chi connectivity index (χ2n) is 10.3. The number of carbonyl (C=O) groups is 1. The third kappa shape index (κ3) is 5.32. The van der Waals surface area contributed by atoms with E-state index in [1.54, 1.807) is 0 Å². The Labute approximate surface area is 214 Å². The van der Waals surface area contributed by atoms with Crippen LogP contribution in [0.3, 0.4) is 0 Å². The SMILES string of the molecule is CCC[C@H](C)c1nc(N2CCCN(C(=O)NC3CCCCC3)CC2)c2cnn(-c3ccccc3)c2n1. The van der Waals surface area contributed by atoms with Crippen molar-refractivity contribution < 1.29 is 4.79 Å². The van der Waals surface area contributed by atoms with Crippen LogP contribution in [0.1, 0.15) is 77.0 Å². The van der Waals surface area contributed by atoms with Gasteiger partial charge in [-0.1, -0.05) is 57.7 Å². The lowest BCUT2D eigenvalue weighted by molar-refractivity contribution is 0.193. The molecule has 8 nitrogen and oxygen atoms in total. The number of hydrogen-bond donors (Lipinski definition) is 1. The molecule has 2 fully saturated rings. The molecule has 3 heterocycles. The Morgan fingerprint density at radius 1 is 1.03 bits per heavy atom. The Balaban J connectivity index is 1.41. The molecule has 2 aromatic heterocycles. The Hall–Kier alpha value is -3.16. The fourth-order valence-electron chi connectivity index (χ4n) is 5.54. The average molecular weight is 490 g/mol. The normalized spacial score (nSPS) is 18.3. The summed E-state index contributed by atoms with van der Waals surface area (Å²) in [5, 5.41) is 8.97. The minimum Gasteiger partial charge on any atom is -0.354 e. The lowest BCUT2D eigenvalue weighted by Gasteiger charge is -2.28. The first kappa shape index (κ1) is 24.5. The van der Waals surface area contributed by atoms with Crippen LogP contribution in [0, 0.1) is 0 Å². The third-order valence-corrected chi connectivity index (χ3v) is 7.60. The van der Waals surface area contributed by atoms with Crippen LogP contribution in [0.2, 0.25) is 0 Å². The van der Waals surface area contributed by atoms with E-state index in [0.717, 1.165) is 80.1 Å². The van der Waals surface area contributed by atoms with Crippen LogP contribution in [0.25, 0.3) is 16.7 Å². The minimum absolute atomic E-state index is 0.0886. The third-order valence-electron chi connectivity index (χ3n) is 7.60. The summed E-state index contributed by atoms with van der Waals surface area (Å²) in [5.74, 6) is 2.07. The van der Waals surface area contributed by atoms with E-state index in [4.69, 9.17) is 15.1 Å². The number of fused-ring (bicyclic) bond motifs is 1. The van der Waals surface area contributed by atoms with E-state index in [0.29, 0.717) is 12.6 Å². The molecule has 1 atom stereocenters. The van der Waals surface area contributed by atoms with E-state index in [1.807, 2.05) is 34.0 Å². The number of rotatable bonds is 6. The van der Waals surface area contributed by atoms with Crippen molar-refractivity contribution in [3.05, 3.63) is 42.4 Å². The predicted octanol–water partition coefficient (Wildman–Crippen LogP) is 5.27. The van der Waals surface area contributed by atoms with Crippen molar-refractivity contribution in [3.8, 4) is 5.69 Å². The van der Waals surface area contributed by atoms with Crippen molar-refractivity contribution in [1.29, 1.82) is 0 Å². The maximum absolute atomic E-state index is 13.0. The number of aromatic nitrogens is 4. The van der Waals surface area contributed by atoms with Crippen LogP contribution >= 0.6 is 0 Å². The highest BCUT2D eigenvalue weighted by Crippen LogP contribution is 2.30. The fraction of sp³-hybridized carbons (Fsp3) is 0.571. The first-order chi connectivity index (χ1) is 17.6. The quantitative estimate of drug-likeness (QED) is 0.510. The number of para-hydroxylation sites is 1. The van der Waals surface area contributed by atoms with Gasteiger partial charge in [-0.3, -0.25) is 0 Å². The molecular weight excluding hydrogens is 450 g/mol. The summed E-state index contributed by atoms with van der Waals surface area (Å²) in [6.45, 7) is 7.48. The second kappa shape index (κ2) is 11.3. The molecule has 36 heavy (non-hydrogen) atoms. The van der Waals surface area contributed by atoms with Gasteiger partial charge in [0.05, 0.1) is 17.3 Å². The monoisotopic (exact) mass is 489 g/mol. The number of urea groups is 1. The van der Waals surface area contributed by atoms with E-state index >= 15 is 0 Å². The number of amides is 2. The summed E-state index contributed by atoms with van der Waals surface area (Å²) in [6, 6.07) is 10.6. The maximum Gasteiger partial charge on any atom is 0.317 e. The van der Waals surface area contributed by atoms with E-state index in [1.165, 1.54) is 19.3 Å². The van der Waals surface area contributed by atoms with E-state index < -0.39 is 0 Å². The number of nitrogens with zero attached hydrogens (tertiary/aromatic N) is 6. The summed E-state index contributed by atoms with van der Waals surface area (Å²) < 4.78 is 1.92. The molecule has 0 unspecified atom stereocenters. The van der Waals surface area contributed by atoms with Gasteiger partial charge >= 0.3 is 6.03 Å². The number of nitrogens with one attached hydrogen (secondary N) is 1. The summed E-state index contributed by atoms with van der Waals surface area (Å²) in [4.78, 5) is 27.4. The standard InChI is InChI=1S/C28H39N7O/c1-3-11-21(2)25-31-26(24-20-29-35(27(24)32-25)23-14-8-5-9-15-23)33-16-10-17-34(19-18-33)28(36)30-22-12-6-4-7-13-22/h5,8-9,14-15,20-22H,3-4,6-7,10-13,16-19H2,1-2H3,(H,30,36)/t21-/m0/s1. The lowest BCUT2D eigenvalue weighted by Crippen LogP contribution is -2.46. The molecule has 0 bridgehead atoms. The average Bonchev–Trinajstić information content (AvgIpc) is 3.18. The highest BCUT2D eigenvalue weighted by Gasteiger charge is 2.26. The van der Waals surface area contributed by atoms with E-state index in [-0.39, 0.29) is 11.9 Å². The highest BCUT2D eigenvalue weighted by atomic mass is 16.2. The number of hydrogen-bond acceptors (Lipinski definition) is 5. The molecule has 8 heteroatoms. The predicted molar refractivity (Wildman–Crippen MR) is 144 cm³/mol. The van der Waals surface area contributed by atoms with Crippen LogP contribution in [0.4, 0.5) is 10.6 Å². The second-order valence-corrected chi connectivity index (χ2v) is 10.3. The summed E-state index contributed by atoms with van der Waals surface area (Å²) >= 11 is 0. The largest absolute Gasteiger partial charge is 0.354 e. The summed E-state index contributed by atoms with van der Waals surface area (Å²) in [7, 11) is 0. The first-order valence-corrected chi connectivity index (χ1v) is 13.8. The smallest absolute Gasteiger partial charge is 0.317 e. The van der Waals surface area contributed by atoms with Gasteiger partial charge in [0.2, 0.25) is 0 Å². The molecule has 1 aliphatic heterocycles. The van der Waals surface area contributed by atoms with Gasteiger partial charge in [0.15, 0.2) is 5.65 Å². The van der Waals surface area contributed by atoms with Crippen LogP contribution < -0.4 is 10.2 Å². The minimum atomic E-state index is 0.0886. The summed E-state index contributed by atoms with van der Waals surface area (Å²) in [5.41, 5.74) is 1.84. The van der Waals surface area contributed by atoms with E-state index in [2.05, 4.69) is 36.2 Å². The van der Waals surface area contributed by atoms with Gasteiger partial charge in [-0.15, -0.1) is 0 Å². The Bertz CT molecular complexity index is 1160. The van der Waals surface area contributed by atoms with Gasteiger partial charge < -0.3 is 15.1 Å².